The van der Waals surface area contributed by atoms with Crippen molar-refractivity contribution in [1.29, 1.82) is 0 Å². The minimum Gasteiger partial charge on any atom is -0.491 e. The van der Waals surface area contributed by atoms with Crippen molar-refractivity contribution in [3.05, 3.63) is 24.3 Å². The predicted octanol–water partition coefficient (Wildman–Crippen LogP) is 3.04. The Bertz CT molecular complexity index is 351. The van der Waals surface area contributed by atoms with Gasteiger partial charge in [0.25, 0.3) is 0 Å². The summed E-state index contributed by atoms with van der Waals surface area (Å²) in [7, 11) is 0. The second-order valence-corrected chi connectivity index (χ2v) is 4.63. The minimum atomic E-state index is 0.127. The summed E-state index contributed by atoms with van der Waals surface area (Å²) in [6, 6.07) is 7.51. The molecular formula is C14H19ClO4. The molecule has 1 aromatic rings. The lowest BCUT2D eigenvalue weighted by Crippen LogP contribution is -2.08. The maximum Gasteiger partial charge on any atom is 0.190 e. The van der Waals surface area contributed by atoms with Crippen LogP contribution in [0.3, 0.4) is 0 Å². The van der Waals surface area contributed by atoms with Crippen molar-refractivity contribution >= 4 is 11.6 Å². The third-order valence-electron chi connectivity index (χ3n) is 2.76. The second-order valence-electron chi connectivity index (χ2n) is 4.41. The fraction of sp³-hybridized carbons (Fsp3) is 0.571. The smallest absolute Gasteiger partial charge is 0.190 e. The normalized spacial score (nSPS) is 14.4. The number of alkyl halides is 1. The summed E-state index contributed by atoms with van der Waals surface area (Å²) < 4.78 is 21.2. The number of hydrogen-bond acceptors (Lipinski definition) is 4. The molecule has 0 spiro atoms. The first kappa shape index (κ1) is 14.4. The number of halogens is 1. The number of hydrogen-bond donors (Lipinski definition) is 0. The molecular weight excluding hydrogens is 268 g/mol. The van der Waals surface area contributed by atoms with Crippen LogP contribution < -0.4 is 9.47 Å². The molecule has 0 aliphatic heterocycles. The highest BCUT2D eigenvalue weighted by Gasteiger charge is 2.20. The molecule has 0 aromatic heterocycles. The molecule has 1 fully saturated rings. The van der Waals surface area contributed by atoms with Crippen LogP contribution in [0.1, 0.15) is 12.8 Å². The first-order valence-electron chi connectivity index (χ1n) is 6.45. The van der Waals surface area contributed by atoms with Crippen molar-refractivity contribution in [2.24, 2.45) is 5.92 Å². The largest absolute Gasteiger partial charge is 0.491 e. The van der Waals surface area contributed by atoms with Crippen LogP contribution in [0.25, 0.3) is 0 Å². The molecule has 4 nitrogen and oxygen atoms in total. The molecule has 0 amide bonds. The van der Waals surface area contributed by atoms with Crippen molar-refractivity contribution < 1.29 is 18.9 Å². The van der Waals surface area contributed by atoms with E-state index in [0.29, 0.717) is 13.2 Å². The molecule has 1 aromatic carbocycles. The summed E-state index contributed by atoms with van der Waals surface area (Å²) >= 11 is 5.37. The molecule has 0 unspecified atom stereocenters. The Kier molecular flexibility index (Phi) is 6.27. The van der Waals surface area contributed by atoms with Gasteiger partial charge in [0.1, 0.15) is 24.2 Å². The predicted molar refractivity (Wildman–Crippen MR) is 72.8 cm³/mol. The van der Waals surface area contributed by atoms with E-state index < -0.39 is 0 Å². The highest BCUT2D eigenvalue weighted by Crippen LogP contribution is 2.28. The highest BCUT2D eigenvalue weighted by atomic mass is 35.5. The Morgan fingerprint density at radius 1 is 0.947 bits per heavy atom. The van der Waals surface area contributed by atoms with Gasteiger partial charge < -0.3 is 18.9 Å². The second kappa shape index (κ2) is 8.25. The van der Waals surface area contributed by atoms with Crippen molar-refractivity contribution in [1.82, 2.24) is 0 Å². The van der Waals surface area contributed by atoms with Crippen LogP contribution in [-0.2, 0) is 9.47 Å². The zero-order valence-corrected chi connectivity index (χ0v) is 11.6. The van der Waals surface area contributed by atoms with E-state index in [4.69, 9.17) is 30.5 Å². The molecule has 0 saturated heterocycles. The van der Waals surface area contributed by atoms with Crippen LogP contribution in [0.4, 0.5) is 0 Å². The molecule has 0 radical (unpaired) electrons. The number of rotatable bonds is 10. The third-order valence-corrected chi connectivity index (χ3v) is 2.91. The van der Waals surface area contributed by atoms with Crippen LogP contribution >= 0.6 is 11.6 Å². The van der Waals surface area contributed by atoms with Gasteiger partial charge in [-0.05, 0) is 43.0 Å². The van der Waals surface area contributed by atoms with E-state index in [1.54, 1.807) is 0 Å². The van der Waals surface area contributed by atoms with E-state index in [2.05, 4.69) is 0 Å². The molecule has 0 atom stereocenters. The molecule has 1 aliphatic carbocycles. The van der Waals surface area contributed by atoms with E-state index in [1.807, 2.05) is 24.3 Å². The van der Waals surface area contributed by atoms with E-state index in [1.165, 1.54) is 12.8 Å². The van der Waals surface area contributed by atoms with Crippen molar-refractivity contribution in [2.45, 2.75) is 12.8 Å². The average Bonchev–Trinajstić information content (AvgIpc) is 3.25. The monoisotopic (exact) mass is 286 g/mol. The molecule has 0 bridgehead atoms. The van der Waals surface area contributed by atoms with Crippen LogP contribution in [0.15, 0.2) is 24.3 Å². The fourth-order valence-electron chi connectivity index (χ4n) is 1.53. The van der Waals surface area contributed by atoms with Crippen LogP contribution in [-0.4, -0.2) is 32.7 Å². The molecule has 1 aliphatic rings. The summed E-state index contributed by atoms with van der Waals surface area (Å²) in [5, 5.41) is 0. The van der Waals surface area contributed by atoms with Crippen molar-refractivity contribution in [2.75, 3.05) is 32.7 Å². The average molecular weight is 287 g/mol. The Morgan fingerprint density at radius 2 is 1.63 bits per heavy atom. The Balaban J connectivity index is 1.57. The Hall–Kier alpha value is -0.970. The number of ether oxygens (including phenoxy) is 4. The van der Waals surface area contributed by atoms with Gasteiger partial charge in [-0.15, -0.1) is 0 Å². The van der Waals surface area contributed by atoms with Gasteiger partial charge in [0.05, 0.1) is 6.61 Å². The van der Waals surface area contributed by atoms with Gasteiger partial charge in [0.15, 0.2) is 6.79 Å². The Labute approximate surface area is 118 Å². The van der Waals surface area contributed by atoms with Gasteiger partial charge in [0, 0.05) is 6.61 Å². The molecule has 19 heavy (non-hydrogen) atoms. The SMILES string of the molecule is ClCOCOc1ccc(OCCOCC2CC2)cc1. The van der Waals surface area contributed by atoms with Crippen molar-refractivity contribution in [3.63, 3.8) is 0 Å². The molecule has 0 N–H and O–H groups in total. The van der Waals surface area contributed by atoms with E-state index in [-0.39, 0.29) is 12.9 Å². The maximum atomic E-state index is 5.56. The van der Waals surface area contributed by atoms with Crippen LogP contribution in [0, 0.1) is 5.92 Å². The van der Waals surface area contributed by atoms with Crippen molar-refractivity contribution in [3.8, 4) is 11.5 Å². The minimum absolute atomic E-state index is 0.127. The first-order chi connectivity index (χ1) is 9.38. The quantitative estimate of drug-likeness (QED) is 0.376. The fourth-order valence-corrected chi connectivity index (χ4v) is 1.59. The van der Waals surface area contributed by atoms with Crippen LogP contribution in [0.5, 0.6) is 11.5 Å². The lowest BCUT2D eigenvalue weighted by Gasteiger charge is -2.08. The molecule has 0 heterocycles. The third kappa shape index (κ3) is 6.14. The van der Waals surface area contributed by atoms with Gasteiger partial charge in [-0.2, -0.15) is 0 Å². The summed E-state index contributed by atoms with van der Waals surface area (Å²) in [4.78, 5) is 0. The molecule has 2 rings (SSSR count). The van der Waals surface area contributed by atoms with E-state index in [0.717, 1.165) is 24.0 Å². The summed E-state index contributed by atoms with van der Waals surface area (Å²) in [6.07, 6.45) is 2.63. The van der Waals surface area contributed by atoms with Gasteiger partial charge in [-0.1, -0.05) is 11.6 Å². The zero-order valence-electron chi connectivity index (χ0n) is 10.8. The molecule has 1 saturated carbocycles. The Morgan fingerprint density at radius 3 is 2.26 bits per heavy atom. The van der Waals surface area contributed by atoms with Gasteiger partial charge in [0.2, 0.25) is 0 Å². The lowest BCUT2D eigenvalue weighted by molar-refractivity contribution is 0.0400. The van der Waals surface area contributed by atoms with Crippen LogP contribution in [0.2, 0.25) is 0 Å². The number of benzene rings is 1. The first-order valence-corrected chi connectivity index (χ1v) is 6.99. The summed E-state index contributed by atoms with van der Waals surface area (Å²) in [5.74, 6) is 2.33. The zero-order chi connectivity index (χ0) is 13.3. The summed E-state index contributed by atoms with van der Waals surface area (Å²) in [6.45, 7) is 2.23. The van der Waals surface area contributed by atoms with Gasteiger partial charge in [-0.25, -0.2) is 0 Å². The highest BCUT2D eigenvalue weighted by molar-refractivity contribution is 6.17. The van der Waals surface area contributed by atoms with Gasteiger partial charge in [-0.3, -0.25) is 0 Å². The topological polar surface area (TPSA) is 36.9 Å². The van der Waals surface area contributed by atoms with Gasteiger partial charge >= 0.3 is 0 Å². The standard InChI is InChI=1S/C14H19ClO4/c15-10-17-11-19-14-5-3-13(4-6-14)18-8-7-16-9-12-1-2-12/h3-6,12H,1-2,7-11H2. The summed E-state index contributed by atoms with van der Waals surface area (Å²) in [5.41, 5.74) is 0. The maximum absolute atomic E-state index is 5.56. The molecule has 5 heteroatoms. The lowest BCUT2D eigenvalue weighted by atomic mass is 10.3. The van der Waals surface area contributed by atoms with E-state index >= 15 is 0 Å². The molecule has 106 valence electrons. The van der Waals surface area contributed by atoms with E-state index in [9.17, 15) is 0 Å².